The molecule has 1 amide bonds. The zero-order valence-corrected chi connectivity index (χ0v) is 18.2. The Kier molecular flexibility index (Phi) is 5.44. The van der Waals surface area contributed by atoms with Crippen LogP contribution in [-0.4, -0.2) is 49.4 Å². The number of hydrogen-bond acceptors (Lipinski definition) is 4. The Labute approximate surface area is 177 Å². The van der Waals surface area contributed by atoms with Crippen molar-refractivity contribution in [2.75, 3.05) is 23.0 Å². The van der Waals surface area contributed by atoms with Crippen LogP contribution in [-0.2, 0) is 21.2 Å². The van der Waals surface area contributed by atoms with Gasteiger partial charge in [-0.25, -0.2) is 8.42 Å². The lowest BCUT2D eigenvalue weighted by molar-refractivity contribution is -0.123. The van der Waals surface area contributed by atoms with Crippen LogP contribution in [0, 0.1) is 0 Å². The molecule has 2 saturated heterocycles. The first kappa shape index (κ1) is 20.4. The number of sulfone groups is 1. The van der Waals surface area contributed by atoms with Gasteiger partial charge in [0.25, 0.3) is 0 Å². The average molecular weight is 433 g/mol. The fourth-order valence-electron chi connectivity index (χ4n) is 4.33. The van der Waals surface area contributed by atoms with Crippen LogP contribution in [0.25, 0.3) is 0 Å². The monoisotopic (exact) mass is 432 g/mol. The van der Waals surface area contributed by atoms with Crippen molar-refractivity contribution in [1.29, 1.82) is 0 Å². The number of rotatable bonds is 4. The SMILES string of the molecule is CC(C)c1ccc(N2C(=O)CN(Cc3ccccc3Cl)[C@@H]3CS(=O)(=O)C[C@H]32)cc1. The zero-order valence-electron chi connectivity index (χ0n) is 16.6. The van der Waals surface area contributed by atoms with Crippen LogP contribution < -0.4 is 4.90 Å². The molecule has 2 atom stereocenters. The summed E-state index contributed by atoms with van der Waals surface area (Å²) >= 11 is 6.30. The van der Waals surface area contributed by atoms with Crippen molar-refractivity contribution in [3.8, 4) is 0 Å². The van der Waals surface area contributed by atoms with E-state index in [4.69, 9.17) is 11.6 Å². The van der Waals surface area contributed by atoms with E-state index in [0.717, 1.165) is 11.3 Å². The van der Waals surface area contributed by atoms with Crippen LogP contribution in [0.4, 0.5) is 5.69 Å². The van der Waals surface area contributed by atoms with Gasteiger partial charge in [-0.05, 0) is 35.2 Å². The lowest BCUT2D eigenvalue weighted by atomic mass is 10.00. The van der Waals surface area contributed by atoms with E-state index in [1.54, 1.807) is 4.90 Å². The summed E-state index contributed by atoms with van der Waals surface area (Å²) in [7, 11) is -3.22. The van der Waals surface area contributed by atoms with Gasteiger partial charge in [-0.15, -0.1) is 0 Å². The fraction of sp³-hybridized carbons (Fsp3) is 0.409. The molecule has 0 saturated carbocycles. The predicted octanol–water partition coefficient (Wildman–Crippen LogP) is 3.48. The van der Waals surface area contributed by atoms with E-state index in [2.05, 4.69) is 13.8 Å². The van der Waals surface area contributed by atoms with Gasteiger partial charge in [0.1, 0.15) is 0 Å². The maximum absolute atomic E-state index is 13.1. The third-order valence-electron chi connectivity index (χ3n) is 5.87. The molecular formula is C22H25ClN2O3S. The first-order valence-electron chi connectivity index (χ1n) is 9.85. The maximum atomic E-state index is 13.1. The minimum atomic E-state index is -3.22. The van der Waals surface area contributed by atoms with Gasteiger partial charge in [0, 0.05) is 23.3 Å². The average Bonchev–Trinajstić information content (AvgIpc) is 2.99. The van der Waals surface area contributed by atoms with Gasteiger partial charge in [0.15, 0.2) is 9.84 Å². The number of carbonyl (C=O) groups excluding carboxylic acids is 1. The van der Waals surface area contributed by atoms with Gasteiger partial charge in [-0.1, -0.05) is 55.8 Å². The fourth-order valence-corrected chi connectivity index (χ4v) is 6.51. The molecule has 2 aliphatic rings. The molecular weight excluding hydrogens is 408 g/mol. The van der Waals surface area contributed by atoms with Crippen LogP contribution in [0.2, 0.25) is 5.02 Å². The number of hydrogen-bond donors (Lipinski definition) is 0. The lowest BCUT2D eigenvalue weighted by Gasteiger charge is -2.43. The quantitative estimate of drug-likeness (QED) is 0.742. The van der Waals surface area contributed by atoms with Gasteiger partial charge >= 0.3 is 0 Å². The van der Waals surface area contributed by atoms with Gasteiger partial charge < -0.3 is 4.90 Å². The number of piperazine rings is 1. The Balaban J connectivity index is 1.65. The van der Waals surface area contributed by atoms with Crippen molar-refractivity contribution >= 4 is 33.0 Å². The van der Waals surface area contributed by atoms with E-state index in [1.807, 2.05) is 53.4 Å². The third-order valence-corrected chi connectivity index (χ3v) is 7.94. The number of halogens is 1. The molecule has 0 radical (unpaired) electrons. The largest absolute Gasteiger partial charge is 0.306 e. The number of anilines is 1. The molecule has 154 valence electrons. The third kappa shape index (κ3) is 4.06. The van der Waals surface area contributed by atoms with E-state index in [1.165, 1.54) is 5.56 Å². The molecule has 4 rings (SSSR count). The lowest BCUT2D eigenvalue weighted by Crippen LogP contribution is -2.61. The molecule has 2 heterocycles. The molecule has 0 aliphatic carbocycles. The Bertz CT molecular complexity index is 1020. The second-order valence-corrected chi connectivity index (χ2v) is 10.8. The minimum Gasteiger partial charge on any atom is -0.306 e. The highest BCUT2D eigenvalue weighted by molar-refractivity contribution is 7.91. The number of fused-ring (bicyclic) bond motifs is 1. The zero-order chi connectivity index (χ0) is 20.8. The summed E-state index contributed by atoms with van der Waals surface area (Å²) in [4.78, 5) is 16.8. The molecule has 0 aromatic heterocycles. The van der Waals surface area contributed by atoms with Crippen molar-refractivity contribution in [2.24, 2.45) is 0 Å². The van der Waals surface area contributed by atoms with E-state index in [9.17, 15) is 13.2 Å². The molecule has 0 unspecified atom stereocenters. The summed E-state index contributed by atoms with van der Waals surface area (Å²) in [5.41, 5.74) is 2.86. The second-order valence-electron chi connectivity index (χ2n) is 8.22. The van der Waals surface area contributed by atoms with Crippen LogP contribution >= 0.6 is 11.6 Å². The minimum absolute atomic E-state index is 0.00559. The van der Waals surface area contributed by atoms with Crippen molar-refractivity contribution in [2.45, 2.75) is 38.4 Å². The molecule has 2 aromatic rings. The van der Waals surface area contributed by atoms with Crippen molar-refractivity contribution in [1.82, 2.24) is 4.90 Å². The molecule has 7 heteroatoms. The van der Waals surface area contributed by atoms with Gasteiger partial charge in [-0.3, -0.25) is 9.69 Å². The Morgan fingerprint density at radius 1 is 1.03 bits per heavy atom. The smallest absolute Gasteiger partial charge is 0.241 e. The summed E-state index contributed by atoms with van der Waals surface area (Å²) in [6.07, 6.45) is 0. The molecule has 2 fully saturated rings. The first-order valence-corrected chi connectivity index (χ1v) is 12.0. The summed E-state index contributed by atoms with van der Waals surface area (Å²) in [5.74, 6) is 0.379. The van der Waals surface area contributed by atoms with Crippen molar-refractivity contribution in [3.05, 3.63) is 64.7 Å². The summed E-state index contributed by atoms with van der Waals surface area (Å²) < 4.78 is 25.0. The summed E-state index contributed by atoms with van der Waals surface area (Å²) in [5, 5.41) is 0.629. The molecule has 29 heavy (non-hydrogen) atoms. The first-order chi connectivity index (χ1) is 13.7. The highest BCUT2D eigenvalue weighted by Crippen LogP contribution is 2.33. The molecule has 0 spiro atoms. The number of nitrogens with zero attached hydrogens (tertiary/aromatic N) is 2. The number of amides is 1. The van der Waals surface area contributed by atoms with E-state index < -0.39 is 9.84 Å². The van der Waals surface area contributed by atoms with E-state index in [-0.39, 0.29) is 36.0 Å². The highest BCUT2D eigenvalue weighted by Gasteiger charge is 2.49. The van der Waals surface area contributed by atoms with Gasteiger partial charge in [-0.2, -0.15) is 0 Å². The second kappa shape index (κ2) is 7.74. The van der Waals surface area contributed by atoms with Crippen LogP contribution in [0.1, 0.15) is 30.9 Å². The maximum Gasteiger partial charge on any atom is 0.241 e. The summed E-state index contributed by atoms with van der Waals surface area (Å²) in [6, 6.07) is 14.8. The van der Waals surface area contributed by atoms with Crippen molar-refractivity contribution in [3.63, 3.8) is 0 Å². The topological polar surface area (TPSA) is 57.7 Å². The van der Waals surface area contributed by atoms with E-state index >= 15 is 0 Å². The Morgan fingerprint density at radius 3 is 2.34 bits per heavy atom. The number of carbonyl (C=O) groups is 1. The van der Waals surface area contributed by atoms with Crippen LogP contribution in [0.3, 0.4) is 0 Å². The molecule has 0 bridgehead atoms. The highest BCUT2D eigenvalue weighted by atomic mass is 35.5. The van der Waals surface area contributed by atoms with E-state index in [0.29, 0.717) is 17.5 Å². The summed E-state index contributed by atoms with van der Waals surface area (Å²) in [6.45, 7) is 4.87. The van der Waals surface area contributed by atoms with Gasteiger partial charge in [0.05, 0.1) is 24.1 Å². The van der Waals surface area contributed by atoms with Crippen LogP contribution in [0.15, 0.2) is 48.5 Å². The van der Waals surface area contributed by atoms with Gasteiger partial charge in [0.2, 0.25) is 5.91 Å². The number of benzene rings is 2. The molecule has 2 aromatic carbocycles. The predicted molar refractivity (Wildman–Crippen MR) is 116 cm³/mol. The van der Waals surface area contributed by atoms with Crippen LogP contribution in [0.5, 0.6) is 0 Å². The Morgan fingerprint density at radius 2 is 1.69 bits per heavy atom. The molecule has 2 aliphatic heterocycles. The normalized spacial score (nSPS) is 24.1. The molecule has 0 N–H and O–H groups in total. The standard InChI is InChI=1S/C22H25ClN2O3S/c1-15(2)16-7-9-18(10-8-16)25-21-14-29(27,28)13-20(21)24(12-22(25)26)11-17-5-3-4-6-19(17)23/h3-10,15,20-21H,11-14H2,1-2H3/t20-,21-/m1/s1. The Hall–Kier alpha value is -1.89. The molecule has 5 nitrogen and oxygen atoms in total. The van der Waals surface area contributed by atoms with Crippen molar-refractivity contribution < 1.29 is 13.2 Å².